The zero-order chi connectivity index (χ0) is 28.6. The van der Waals surface area contributed by atoms with Crippen molar-refractivity contribution in [2.24, 2.45) is 0 Å². The van der Waals surface area contributed by atoms with Crippen LogP contribution in [-0.4, -0.2) is 15.0 Å². The summed E-state index contributed by atoms with van der Waals surface area (Å²) in [5, 5.41) is 3.49. The molecule has 3 nitrogen and oxygen atoms in total. The lowest BCUT2D eigenvalue weighted by Gasteiger charge is -2.10. The maximum atomic E-state index is 4.99. The number of rotatable bonds is 5. The Hall–Kier alpha value is -5.45. The van der Waals surface area contributed by atoms with E-state index in [1.54, 1.807) is 11.3 Å². The van der Waals surface area contributed by atoms with Gasteiger partial charge in [-0.25, -0.2) is 15.0 Å². The second kappa shape index (κ2) is 10.8. The fourth-order valence-electron chi connectivity index (χ4n) is 5.49. The van der Waals surface area contributed by atoms with Crippen LogP contribution in [0.1, 0.15) is 0 Å². The smallest absolute Gasteiger partial charge is 0.160 e. The Morgan fingerprint density at radius 2 is 0.930 bits per heavy atom. The first-order valence-electron chi connectivity index (χ1n) is 14.3. The first kappa shape index (κ1) is 25.3. The van der Waals surface area contributed by atoms with E-state index < -0.39 is 0 Å². The highest BCUT2D eigenvalue weighted by Gasteiger charge is 2.13. The molecular formula is C39H25N3S. The molecule has 0 spiro atoms. The van der Waals surface area contributed by atoms with Crippen LogP contribution in [0.2, 0.25) is 0 Å². The van der Waals surface area contributed by atoms with Gasteiger partial charge in [0.25, 0.3) is 0 Å². The number of nitrogens with zero attached hydrogens (tertiary/aromatic N) is 3. The van der Waals surface area contributed by atoms with Gasteiger partial charge in [0.15, 0.2) is 5.82 Å². The van der Waals surface area contributed by atoms with E-state index in [1.165, 1.54) is 21.0 Å². The predicted octanol–water partition coefficient (Wildman–Crippen LogP) is 10.6. The third kappa shape index (κ3) is 4.88. The molecule has 0 aliphatic rings. The van der Waals surface area contributed by atoms with Gasteiger partial charge in [-0.3, -0.25) is 0 Å². The molecule has 0 aliphatic carbocycles. The van der Waals surface area contributed by atoms with Crippen LogP contribution in [0.3, 0.4) is 0 Å². The summed E-state index contributed by atoms with van der Waals surface area (Å²) in [5.41, 5.74) is 9.45. The van der Waals surface area contributed by atoms with E-state index in [4.69, 9.17) is 15.0 Å². The Balaban J connectivity index is 1.18. The standard InChI is InChI=1S/C39H25N3S/c1-4-10-28(11-5-1)35-25-36(29-12-6-2-7-13-29)41-38(40-35)30-19-16-26(17-20-30)32-21-18-27-22-23-34-37(33(27)24-32)43-39(42-34)31-14-8-3-9-15-31/h1-25H. The minimum Gasteiger partial charge on any atom is -0.236 e. The van der Waals surface area contributed by atoms with E-state index in [-0.39, 0.29) is 0 Å². The number of aromatic nitrogens is 3. The van der Waals surface area contributed by atoms with Crippen LogP contribution in [0, 0.1) is 0 Å². The lowest BCUT2D eigenvalue weighted by Crippen LogP contribution is -1.95. The average molecular weight is 568 g/mol. The summed E-state index contributed by atoms with van der Waals surface area (Å²) in [7, 11) is 0. The molecule has 2 heterocycles. The Morgan fingerprint density at radius 1 is 0.395 bits per heavy atom. The number of fused-ring (bicyclic) bond motifs is 3. The van der Waals surface area contributed by atoms with Gasteiger partial charge in [0, 0.05) is 27.6 Å². The van der Waals surface area contributed by atoms with E-state index in [9.17, 15) is 0 Å². The van der Waals surface area contributed by atoms with Gasteiger partial charge in [-0.1, -0.05) is 133 Å². The van der Waals surface area contributed by atoms with Gasteiger partial charge in [-0.15, -0.1) is 11.3 Å². The van der Waals surface area contributed by atoms with Gasteiger partial charge >= 0.3 is 0 Å². The molecule has 0 saturated carbocycles. The fraction of sp³-hybridized carbons (Fsp3) is 0. The van der Waals surface area contributed by atoms with E-state index in [1.807, 2.05) is 42.5 Å². The van der Waals surface area contributed by atoms with E-state index in [2.05, 4.69) is 109 Å². The minimum absolute atomic E-state index is 0.713. The highest BCUT2D eigenvalue weighted by Crippen LogP contribution is 2.37. The first-order valence-corrected chi connectivity index (χ1v) is 15.1. The maximum Gasteiger partial charge on any atom is 0.160 e. The first-order chi connectivity index (χ1) is 21.3. The summed E-state index contributed by atoms with van der Waals surface area (Å²) in [6.07, 6.45) is 0. The maximum absolute atomic E-state index is 4.99. The molecule has 202 valence electrons. The zero-order valence-corrected chi connectivity index (χ0v) is 24.0. The number of hydrogen-bond acceptors (Lipinski definition) is 4. The highest BCUT2D eigenvalue weighted by molar-refractivity contribution is 7.22. The molecule has 0 unspecified atom stereocenters. The van der Waals surface area contributed by atoms with Crippen LogP contribution in [0.25, 0.3) is 76.6 Å². The van der Waals surface area contributed by atoms with Crippen molar-refractivity contribution in [1.82, 2.24) is 15.0 Å². The van der Waals surface area contributed by atoms with Crippen molar-refractivity contribution in [1.29, 1.82) is 0 Å². The summed E-state index contributed by atoms with van der Waals surface area (Å²) in [6, 6.07) is 52.6. The molecule has 0 bridgehead atoms. The fourth-order valence-corrected chi connectivity index (χ4v) is 6.59. The molecule has 43 heavy (non-hydrogen) atoms. The number of thiazole rings is 1. The van der Waals surface area contributed by atoms with Crippen LogP contribution < -0.4 is 0 Å². The zero-order valence-electron chi connectivity index (χ0n) is 23.2. The van der Waals surface area contributed by atoms with Gasteiger partial charge in [0.1, 0.15) is 5.01 Å². The molecule has 0 aliphatic heterocycles. The molecule has 0 amide bonds. The Morgan fingerprint density at radius 3 is 1.56 bits per heavy atom. The van der Waals surface area contributed by atoms with Crippen molar-refractivity contribution in [3.63, 3.8) is 0 Å². The monoisotopic (exact) mass is 567 g/mol. The van der Waals surface area contributed by atoms with Gasteiger partial charge in [0.05, 0.1) is 21.6 Å². The molecule has 8 rings (SSSR count). The normalized spacial score (nSPS) is 11.3. The molecule has 0 radical (unpaired) electrons. The van der Waals surface area contributed by atoms with Crippen molar-refractivity contribution in [3.05, 3.63) is 152 Å². The average Bonchev–Trinajstić information content (AvgIpc) is 3.54. The minimum atomic E-state index is 0.713. The lowest BCUT2D eigenvalue weighted by molar-refractivity contribution is 1.18. The Kier molecular flexibility index (Phi) is 6.32. The molecule has 6 aromatic carbocycles. The van der Waals surface area contributed by atoms with Gasteiger partial charge in [-0.2, -0.15) is 0 Å². The van der Waals surface area contributed by atoms with E-state index in [0.29, 0.717) is 5.82 Å². The topological polar surface area (TPSA) is 38.7 Å². The number of benzene rings is 6. The molecular weight excluding hydrogens is 543 g/mol. The van der Waals surface area contributed by atoms with Crippen LogP contribution in [0.5, 0.6) is 0 Å². The summed E-state index contributed by atoms with van der Waals surface area (Å²) < 4.78 is 1.22. The van der Waals surface area contributed by atoms with Crippen molar-refractivity contribution < 1.29 is 0 Å². The van der Waals surface area contributed by atoms with E-state index >= 15 is 0 Å². The Bertz CT molecular complexity index is 2150. The summed E-state index contributed by atoms with van der Waals surface area (Å²) in [4.78, 5) is 14.9. The van der Waals surface area contributed by atoms with Crippen molar-refractivity contribution in [2.75, 3.05) is 0 Å². The molecule has 8 aromatic rings. The molecule has 4 heteroatoms. The molecule has 0 atom stereocenters. The summed E-state index contributed by atoms with van der Waals surface area (Å²) >= 11 is 1.75. The van der Waals surface area contributed by atoms with Crippen molar-refractivity contribution in [3.8, 4) is 55.6 Å². The second-order valence-corrected chi connectivity index (χ2v) is 11.5. The summed E-state index contributed by atoms with van der Waals surface area (Å²) in [5.74, 6) is 0.713. The van der Waals surface area contributed by atoms with Crippen LogP contribution in [0.4, 0.5) is 0 Å². The van der Waals surface area contributed by atoms with Crippen molar-refractivity contribution in [2.45, 2.75) is 0 Å². The van der Waals surface area contributed by atoms with Gasteiger partial charge in [0.2, 0.25) is 0 Å². The summed E-state index contributed by atoms with van der Waals surface area (Å²) in [6.45, 7) is 0. The number of hydrogen-bond donors (Lipinski definition) is 0. The molecule has 0 fully saturated rings. The van der Waals surface area contributed by atoms with Gasteiger partial charge in [-0.05, 0) is 34.7 Å². The van der Waals surface area contributed by atoms with Crippen LogP contribution in [0.15, 0.2) is 152 Å². The third-order valence-electron chi connectivity index (χ3n) is 7.73. The second-order valence-electron chi connectivity index (χ2n) is 10.5. The molecule has 2 aromatic heterocycles. The SMILES string of the molecule is c1ccc(-c2cc(-c3ccccc3)nc(-c3ccc(-c4ccc5ccc6nc(-c7ccccc7)sc6c5c4)cc3)n2)cc1. The van der Waals surface area contributed by atoms with Crippen molar-refractivity contribution >= 4 is 32.3 Å². The molecule has 0 saturated heterocycles. The highest BCUT2D eigenvalue weighted by atomic mass is 32.1. The Labute approximate surface area is 253 Å². The quantitative estimate of drug-likeness (QED) is 0.208. The van der Waals surface area contributed by atoms with E-state index in [0.717, 1.165) is 49.7 Å². The largest absolute Gasteiger partial charge is 0.236 e. The molecule has 0 N–H and O–H groups in total. The van der Waals surface area contributed by atoms with Crippen LogP contribution in [-0.2, 0) is 0 Å². The lowest BCUT2D eigenvalue weighted by atomic mass is 9.99. The van der Waals surface area contributed by atoms with Gasteiger partial charge < -0.3 is 0 Å². The predicted molar refractivity (Wildman–Crippen MR) is 180 cm³/mol. The third-order valence-corrected chi connectivity index (χ3v) is 8.89. The van der Waals surface area contributed by atoms with Crippen LogP contribution >= 0.6 is 11.3 Å².